The van der Waals surface area contributed by atoms with Gasteiger partial charge < -0.3 is 19.4 Å². The average molecular weight is 439 g/mol. The first kappa shape index (κ1) is 21.9. The molecular formula is C23H30N6O3. The van der Waals surface area contributed by atoms with Crippen LogP contribution in [0.1, 0.15) is 47.6 Å². The van der Waals surface area contributed by atoms with Crippen LogP contribution in [0.5, 0.6) is 5.75 Å². The molecule has 2 aromatic heterocycles. The van der Waals surface area contributed by atoms with Gasteiger partial charge in [-0.05, 0) is 53.7 Å². The van der Waals surface area contributed by atoms with E-state index in [1.807, 2.05) is 49.8 Å². The number of rotatable bonds is 5. The third-order valence-electron chi connectivity index (χ3n) is 5.02. The summed E-state index contributed by atoms with van der Waals surface area (Å²) in [7, 11) is 0. The molecule has 9 heteroatoms. The molecule has 32 heavy (non-hydrogen) atoms. The Bertz CT molecular complexity index is 1130. The van der Waals surface area contributed by atoms with Gasteiger partial charge in [0, 0.05) is 24.0 Å². The second-order valence-corrected chi connectivity index (χ2v) is 9.22. The predicted molar refractivity (Wildman–Crippen MR) is 121 cm³/mol. The summed E-state index contributed by atoms with van der Waals surface area (Å²) in [4.78, 5) is 21.6. The number of nitrogens with zero attached hydrogens (tertiary/aromatic N) is 5. The van der Waals surface area contributed by atoms with Crippen molar-refractivity contribution in [3.8, 4) is 28.7 Å². The van der Waals surface area contributed by atoms with Gasteiger partial charge >= 0.3 is 5.97 Å². The van der Waals surface area contributed by atoms with Crippen molar-refractivity contribution in [2.24, 2.45) is 0 Å². The highest BCUT2D eigenvalue weighted by Crippen LogP contribution is 2.35. The summed E-state index contributed by atoms with van der Waals surface area (Å²) in [5.74, 6) is 1.97. The highest BCUT2D eigenvalue weighted by Gasteiger charge is 2.24. The first-order chi connectivity index (χ1) is 15.1. The molecule has 9 nitrogen and oxygen atoms in total. The lowest BCUT2D eigenvalue weighted by Gasteiger charge is -2.23. The molecule has 3 heterocycles. The summed E-state index contributed by atoms with van der Waals surface area (Å²) < 4.78 is 15.4. The van der Waals surface area contributed by atoms with Crippen LogP contribution in [0, 0.1) is 0 Å². The Morgan fingerprint density at radius 1 is 1.22 bits per heavy atom. The van der Waals surface area contributed by atoms with Crippen LogP contribution in [0.15, 0.2) is 30.7 Å². The van der Waals surface area contributed by atoms with Crippen molar-refractivity contribution in [1.29, 1.82) is 0 Å². The minimum Gasteiger partial charge on any atom is -0.491 e. The van der Waals surface area contributed by atoms with Crippen LogP contribution in [0.2, 0.25) is 0 Å². The van der Waals surface area contributed by atoms with E-state index in [2.05, 4.69) is 33.8 Å². The lowest BCUT2D eigenvalue weighted by Crippen LogP contribution is -2.34. The molecule has 1 aliphatic heterocycles. The van der Waals surface area contributed by atoms with Gasteiger partial charge in [-0.2, -0.15) is 5.10 Å². The number of nitrogens with one attached hydrogen (secondary N) is 1. The normalized spacial score (nSPS) is 14.2. The molecule has 0 radical (unpaired) electrons. The summed E-state index contributed by atoms with van der Waals surface area (Å²) in [5, 5.41) is 7.52. The van der Waals surface area contributed by atoms with E-state index in [1.165, 1.54) is 0 Å². The van der Waals surface area contributed by atoms with Crippen LogP contribution in [-0.4, -0.2) is 48.5 Å². The number of ether oxygens (including phenoxy) is 2. The third kappa shape index (κ3) is 4.46. The van der Waals surface area contributed by atoms with Crippen molar-refractivity contribution in [3.63, 3.8) is 0 Å². The Morgan fingerprint density at radius 2 is 2.00 bits per heavy atom. The van der Waals surface area contributed by atoms with Gasteiger partial charge in [-0.15, -0.1) is 0 Å². The molecule has 4 rings (SSSR count). The van der Waals surface area contributed by atoms with E-state index in [1.54, 1.807) is 13.3 Å². The quantitative estimate of drug-likeness (QED) is 0.603. The molecule has 0 saturated carbocycles. The first-order valence-electron chi connectivity index (χ1n) is 10.9. The Hall–Kier alpha value is -3.36. The van der Waals surface area contributed by atoms with E-state index in [4.69, 9.17) is 14.5 Å². The molecule has 0 unspecified atom stereocenters. The highest BCUT2D eigenvalue weighted by atomic mass is 16.6. The Balaban J connectivity index is 1.61. The fourth-order valence-corrected chi connectivity index (χ4v) is 3.59. The number of benzene rings is 1. The number of esters is 1. The van der Waals surface area contributed by atoms with Crippen LogP contribution < -0.4 is 10.1 Å². The maximum absolute atomic E-state index is 12.3. The van der Waals surface area contributed by atoms with Crippen molar-refractivity contribution in [1.82, 2.24) is 24.3 Å². The molecule has 0 spiro atoms. The number of anilines is 1. The van der Waals surface area contributed by atoms with E-state index in [-0.39, 0.29) is 12.0 Å². The van der Waals surface area contributed by atoms with E-state index in [0.29, 0.717) is 18.9 Å². The third-order valence-corrected chi connectivity index (χ3v) is 5.02. The molecule has 1 aromatic carbocycles. The van der Waals surface area contributed by atoms with Crippen LogP contribution >= 0.6 is 0 Å². The largest absolute Gasteiger partial charge is 0.491 e. The fraction of sp³-hybridized carbons (Fsp3) is 0.478. The lowest BCUT2D eigenvalue weighted by atomic mass is 10.1. The Labute approximate surface area is 187 Å². The van der Waals surface area contributed by atoms with Gasteiger partial charge in [-0.1, -0.05) is 0 Å². The SMILES string of the molecule is CC(C)n1ncnc1-c1cn2c(n1)-c1ccc(N[C@@H](C)C(=O)OC(C)(C)C)cc1OCC2. The van der Waals surface area contributed by atoms with Crippen LogP contribution in [-0.2, 0) is 16.1 Å². The highest BCUT2D eigenvalue weighted by molar-refractivity contribution is 5.80. The van der Waals surface area contributed by atoms with Gasteiger partial charge in [-0.3, -0.25) is 0 Å². The number of hydrogen-bond donors (Lipinski definition) is 1. The second-order valence-electron chi connectivity index (χ2n) is 9.22. The van der Waals surface area contributed by atoms with Crippen molar-refractivity contribution in [3.05, 3.63) is 30.7 Å². The molecule has 0 fully saturated rings. The van der Waals surface area contributed by atoms with E-state index >= 15 is 0 Å². The van der Waals surface area contributed by atoms with Crippen molar-refractivity contribution in [2.75, 3.05) is 11.9 Å². The predicted octanol–water partition coefficient (Wildman–Crippen LogP) is 3.92. The summed E-state index contributed by atoms with van der Waals surface area (Å²) in [5.41, 5.74) is 1.92. The monoisotopic (exact) mass is 438 g/mol. The number of hydrogen-bond acceptors (Lipinski definition) is 7. The molecule has 0 saturated heterocycles. The first-order valence-corrected chi connectivity index (χ1v) is 10.9. The number of aromatic nitrogens is 5. The molecule has 0 amide bonds. The van der Waals surface area contributed by atoms with Crippen molar-refractivity contribution in [2.45, 2.75) is 65.8 Å². The summed E-state index contributed by atoms with van der Waals surface area (Å²) in [6.45, 7) is 12.7. The smallest absolute Gasteiger partial charge is 0.328 e. The zero-order valence-electron chi connectivity index (χ0n) is 19.4. The number of carbonyl (C=O) groups excluding carboxylic acids is 1. The standard InChI is InChI=1S/C23H30N6O3/c1-14(2)29-21(24-13-25-29)18-12-28-9-10-31-19-11-16(7-8-17(19)20(28)27-18)26-15(3)22(30)32-23(4,5)6/h7-8,11-15,26H,9-10H2,1-6H3/t15-/m0/s1. The van der Waals surface area contributed by atoms with Gasteiger partial charge in [0.2, 0.25) is 0 Å². The molecule has 1 aliphatic rings. The molecular weight excluding hydrogens is 408 g/mol. The van der Waals surface area contributed by atoms with Gasteiger partial charge in [0.15, 0.2) is 5.82 Å². The Kier molecular flexibility index (Phi) is 5.66. The number of fused-ring (bicyclic) bond motifs is 3. The lowest BCUT2D eigenvalue weighted by molar-refractivity contribution is -0.155. The minimum atomic E-state index is -0.529. The number of carbonyl (C=O) groups is 1. The summed E-state index contributed by atoms with van der Waals surface area (Å²) >= 11 is 0. The van der Waals surface area contributed by atoms with E-state index in [9.17, 15) is 4.79 Å². The zero-order valence-corrected chi connectivity index (χ0v) is 19.4. The van der Waals surface area contributed by atoms with Crippen LogP contribution in [0.3, 0.4) is 0 Å². The molecule has 1 atom stereocenters. The van der Waals surface area contributed by atoms with Gasteiger partial charge in [0.25, 0.3) is 0 Å². The van der Waals surface area contributed by atoms with E-state index < -0.39 is 11.6 Å². The van der Waals surface area contributed by atoms with Gasteiger partial charge in [0.05, 0.1) is 12.1 Å². The maximum atomic E-state index is 12.3. The molecule has 3 aromatic rings. The zero-order chi connectivity index (χ0) is 23.0. The maximum Gasteiger partial charge on any atom is 0.328 e. The van der Waals surface area contributed by atoms with Crippen LogP contribution in [0.25, 0.3) is 22.9 Å². The molecule has 170 valence electrons. The number of imidazole rings is 1. The Morgan fingerprint density at radius 3 is 2.72 bits per heavy atom. The van der Waals surface area contributed by atoms with Crippen molar-refractivity contribution >= 4 is 11.7 Å². The summed E-state index contributed by atoms with van der Waals surface area (Å²) in [6, 6.07) is 5.47. The van der Waals surface area contributed by atoms with Crippen molar-refractivity contribution < 1.29 is 14.3 Å². The minimum absolute atomic E-state index is 0.185. The molecule has 1 N–H and O–H groups in total. The van der Waals surface area contributed by atoms with Crippen LogP contribution in [0.4, 0.5) is 5.69 Å². The van der Waals surface area contributed by atoms with E-state index in [0.717, 1.165) is 28.6 Å². The molecule has 0 aliphatic carbocycles. The molecule has 0 bridgehead atoms. The second kappa shape index (κ2) is 8.29. The van der Waals surface area contributed by atoms with Gasteiger partial charge in [0.1, 0.15) is 41.8 Å². The topological polar surface area (TPSA) is 96.1 Å². The fourth-order valence-electron chi connectivity index (χ4n) is 3.59. The van der Waals surface area contributed by atoms with Gasteiger partial charge in [-0.25, -0.2) is 19.4 Å². The summed E-state index contributed by atoms with van der Waals surface area (Å²) in [6.07, 6.45) is 3.55. The average Bonchev–Trinajstić information content (AvgIpc) is 3.31.